The molecule has 2 aliphatic rings. The number of carbonyl (C=O) groups is 1. The maximum atomic E-state index is 13.1. The molecule has 5 nitrogen and oxygen atoms in total. The van der Waals surface area contributed by atoms with Crippen LogP contribution < -0.4 is 5.32 Å². The second-order valence-corrected chi connectivity index (χ2v) is 7.94. The first-order valence-electron chi connectivity index (χ1n) is 9.09. The molecular formula is C19H29FN4O. The van der Waals surface area contributed by atoms with E-state index in [9.17, 15) is 9.18 Å². The largest absolute Gasteiger partial charge is 0.332 e. The molecule has 138 valence electrons. The molecule has 0 saturated carbocycles. The van der Waals surface area contributed by atoms with Crippen molar-refractivity contribution in [3.63, 3.8) is 0 Å². The van der Waals surface area contributed by atoms with Crippen LogP contribution in [0.4, 0.5) is 9.18 Å². The van der Waals surface area contributed by atoms with Crippen molar-refractivity contribution in [3.8, 4) is 0 Å². The molecule has 0 unspecified atom stereocenters. The summed E-state index contributed by atoms with van der Waals surface area (Å²) < 4.78 is 13.1. The number of urea groups is 1. The van der Waals surface area contributed by atoms with Crippen molar-refractivity contribution >= 4 is 6.03 Å². The van der Waals surface area contributed by atoms with Gasteiger partial charge in [-0.2, -0.15) is 0 Å². The Hall–Kier alpha value is -1.66. The Kier molecular flexibility index (Phi) is 5.29. The highest BCUT2D eigenvalue weighted by Gasteiger charge is 2.36. The standard InChI is InChI=1S/C19H29FN4O/c1-19(2,14-23-12-10-22(3)11-13-23)21-18(25)24-9-8-17(24)15-4-6-16(20)7-5-15/h4-7,17H,8-14H2,1-3H3,(H,21,25)/t17-/m1/s1. The average molecular weight is 348 g/mol. The molecule has 1 N–H and O–H groups in total. The summed E-state index contributed by atoms with van der Waals surface area (Å²) in [5, 5.41) is 3.19. The number of hydrogen-bond donors (Lipinski definition) is 1. The third kappa shape index (κ3) is 4.50. The smallest absolute Gasteiger partial charge is 0.318 e. The van der Waals surface area contributed by atoms with Gasteiger partial charge in [0.15, 0.2) is 0 Å². The molecule has 3 rings (SSSR count). The van der Waals surface area contributed by atoms with Crippen LogP contribution in [-0.2, 0) is 0 Å². The number of amides is 2. The fourth-order valence-corrected chi connectivity index (χ4v) is 3.63. The van der Waals surface area contributed by atoms with Crippen molar-refractivity contribution in [3.05, 3.63) is 35.6 Å². The molecule has 2 amide bonds. The molecule has 0 aliphatic carbocycles. The van der Waals surface area contributed by atoms with Crippen LogP contribution in [-0.4, -0.2) is 72.6 Å². The van der Waals surface area contributed by atoms with E-state index in [2.05, 4.69) is 36.0 Å². The van der Waals surface area contributed by atoms with Crippen LogP contribution in [0.3, 0.4) is 0 Å². The quantitative estimate of drug-likeness (QED) is 0.908. The van der Waals surface area contributed by atoms with Gasteiger partial charge in [-0.25, -0.2) is 9.18 Å². The number of benzene rings is 1. The predicted molar refractivity (Wildman–Crippen MR) is 97.0 cm³/mol. The topological polar surface area (TPSA) is 38.8 Å². The fourth-order valence-electron chi connectivity index (χ4n) is 3.63. The van der Waals surface area contributed by atoms with Crippen LogP contribution in [0.5, 0.6) is 0 Å². The van der Waals surface area contributed by atoms with E-state index in [4.69, 9.17) is 0 Å². The highest BCUT2D eigenvalue weighted by Crippen LogP contribution is 2.33. The van der Waals surface area contributed by atoms with E-state index in [-0.39, 0.29) is 23.4 Å². The highest BCUT2D eigenvalue weighted by atomic mass is 19.1. The molecule has 2 saturated heterocycles. The first kappa shape index (κ1) is 18.1. The Morgan fingerprint density at radius 1 is 1.16 bits per heavy atom. The highest BCUT2D eigenvalue weighted by molar-refractivity contribution is 5.76. The Labute approximate surface area is 149 Å². The zero-order valence-electron chi connectivity index (χ0n) is 15.5. The van der Waals surface area contributed by atoms with E-state index in [0.29, 0.717) is 0 Å². The number of nitrogens with zero attached hydrogens (tertiary/aromatic N) is 3. The van der Waals surface area contributed by atoms with Crippen LogP contribution in [0, 0.1) is 5.82 Å². The summed E-state index contributed by atoms with van der Waals surface area (Å²) in [6.07, 6.45) is 0.929. The lowest BCUT2D eigenvalue weighted by Crippen LogP contribution is -2.59. The van der Waals surface area contributed by atoms with Crippen LogP contribution in [0.15, 0.2) is 24.3 Å². The van der Waals surface area contributed by atoms with Crippen molar-refractivity contribution < 1.29 is 9.18 Å². The lowest BCUT2D eigenvalue weighted by molar-refractivity contribution is 0.0952. The zero-order chi connectivity index (χ0) is 18.0. The molecule has 0 spiro atoms. The Balaban J connectivity index is 1.54. The minimum absolute atomic E-state index is 0.0281. The summed E-state index contributed by atoms with van der Waals surface area (Å²) in [5.74, 6) is -0.243. The van der Waals surface area contributed by atoms with Crippen LogP contribution in [0.25, 0.3) is 0 Å². The lowest BCUT2D eigenvalue weighted by atomic mass is 9.95. The van der Waals surface area contributed by atoms with Crippen molar-refractivity contribution in [2.45, 2.75) is 31.8 Å². The van der Waals surface area contributed by atoms with Crippen LogP contribution in [0.1, 0.15) is 31.9 Å². The minimum atomic E-state index is -0.282. The van der Waals surface area contributed by atoms with Gasteiger partial charge in [-0.05, 0) is 45.0 Å². The Morgan fingerprint density at radius 3 is 2.36 bits per heavy atom. The first-order valence-corrected chi connectivity index (χ1v) is 9.09. The normalized spacial score (nSPS) is 22.6. The van der Waals surface area contributed by atoms with Gasteiger partial charge in [0.25, 0.3) is 0 Å². The maximum absolute atomic E-state index is 13.1. The van der Waals surface area contributed by atoms with Gasteiger partial charge >= 0.3 is 6.03 Å². The van der Waals surface area contributed by atoms with Crippen molar-refractivity contribution in [2.24, 2.45) is 0 Å². The second-order valence-electron chi connectivity index (χ2n) is 7.94. The van der Waals surface area contributed by atoms with Gasteiger partial charge in [0.05, 0.1) is 6.04 Å². The predicted octanol–water partition coefficient (Wildman–Crippen LogP) is 2.31. The third-order valence-corrected chi connectivity index (χ3v) is 5.20. The summed E-state index contributed by atoms with van der Waals surface area (Å²) >= 11 is 0. The maximum Gasteiger partial charge on any atom is 0.318 e. The number of piperazine rings is 1. The summed E-state index contributed by atoms with van der Waals surface area (Å²) in [6.45, 7) is 9.98. The van der Waals surface area contributed by atoms with Gasteiger partial charge < -0.3 is 15.1 Å². The molecule has 1 aromatic rings. The molecule has 1 aromatic carbocycles. The molecule has 2 fully saturated rings. The van der Waals surface area contributed by atoms with E-state index < -0.39 is 0 Å². The number of carbonyl (C=O) groups excluding carboxylic acids is 1. The molecule has 0 radical (unpaired) electrons. The number of nitrogens with one attached hydrogen (secondary N) is 1. The zero-order valence-corrected chi connectivity index (χ0v) is 15.5. The summed E-state index contributed by atoms with van der Waals surface area (Å²) in [4.78, 5) is 19.3. The van der Waals surface area contributed by atoms with Crippen LogP contribution >= 0.6 is 0 Å². The molecule has 25 heavy (non-hydrogen) atoms. The number of hydrogen-bond acceptors (Lipinski definition) is 3. The summed E-state index contributed by atoms with van der Waals surface area (Å²) in [6, 6.07) is 6.49. The molecule has 1 atom stereocenters. The SMILES string of the molecule is CN1CCN(CC(C)(C)NC(=O)N2CC[C@@H]2c2ccc(F)cc2)CC1. The lowest BCUT2D eigenvalue weighted by Gasteiger charge is -2.44. The van der Waals surface area contributed by atoms with E-state index in [0.717, 1.165) is 51.3 Å². The van der Waals surface area contributed by atoms with E-state index >= 15 is 0 Å². The molecule has 0 aromatic heterocycles. The van der Waals surface area contributed by atoms with Crippen LogP contribution in [0.2, 0.25) is 0 Å². The Bertz CT molecular complexity index is 596. The third-order valence-electron chi connectivity index (χ3n) is 5.20. The van der Waals surface area contributed by atoms with Crippen molar-refractivity contribution in [1.29, 1.82) is 0 Å². The van der Waals surface area contributed by atoms with Gasteiger partial charge in [0.1, 0.15) is 5.82 Å². The van der Waals surface area contributed by atoms with E-state index in [1.165, 1.54) is 12.1 Å². The average Bonchev–Trinajstić information content (AvgIpc) is 2.50. The fraction of sp³-hybridized carbons (Fsp3) is 0.632. The van der Waals surface area contributed by atoms with Gasteiger partial charge in [0.2, 0.25) is 0 Å². The summed E-state index contributed by atoms with van der Waals surface area (Å²) in [5.41, 5.74) is 0.718. The number of likely N-dealkylation sites (tertiary alicyclic amines) is 1. The molecule has 6 heteroatoms. The van der Waals surface area contributed by atoms with E-state index in [1.807, 2.05) is 4.90 Å². The molecule has 2 heterocycles. The minimum Gasteiger partial charge on any atom is -0.332 e. The van der Waals surface area contributed by atoms with Crippen molar-refractivity contribution in [1.82, 2.24) is 20.0 Å². The Morgan fingerprint density at radius 2 is 1.80 bits per heavy atom. The number of rotatable bonds is 4. The molecule has 0 bridgehead atoms. The van der Waals surface area contributed by atoms with Gasteiger partial charge in [-0.1, -0.05) is 12.1 Å². The van der Waals surface area contributed by atoms with E-state index in [1.54, 1.807) is 12.1 Å². The van der Waals surface area contributed by atoms with Crippen molar-refractivity contribution in [2.75, 3.05) is 46.3 Å². The monoisotopic (exact) mass is 348 g/mol. The summed E-state index contributed by atoms with van der Waals surface area (Å²) in [7, 11) is 2.14. The number of halogens is 1. The van der Waals surface area contributed by atoms with Gasteiger partial charge in [-0.3, -0.25) is 4.90 Å². The van der Waals surface area contributed by atoms with Gasteiger partial charge in [-0.15, -0.1) is 0 Å². The first-order chi connectivity index (χ1) is 11.8. The number of likely N-dealkylation sites (N-methyl/N-ethyl adjacent to an activating group) is 1. The van der Waals surface area contributed by atoms with Gasteiger partial charge in [0, 0.05) is 44.8 Å². The molecule has 2 aliphatic heterocycles. The second kappa shape index (κ2) is 7.30. The molecular weight excluding hydrogens is 319 g/mol.